The molecule has 0 aromatic heterocycles. The minimum absolute atomic E-state index is 0.282. The summed E-state index contributed by atoms with van der Waals surface area (Å²) in [6, 6.07) is 0. The number of alkyl halides is 13. The van der Waals surface area contributed by atoms with Gasteiger partial charge in [0.05, 0.1) is 0 Å². The molecule has 0 bridgehead atoms. The average Bonchev–Trinajstić information content (AvgIpc) is 2.42. The minimum atomic E-state index is -5.42. The first kappa shape index (κ1) is 38.4. The van der Waals surface area contributed by atoms with Gasteiger partial charge in [-0.25, -0.2) is 8.78 Å². The standard InChI is InChI=1S/C5H7F5.C5H9F3.C5H10F2.C4H7F3/c1-3(2)4(6,7)5(8,9)10;1-4(2)3-5(6,7)8;1-4(2)5(3,6)7;1-3(2)4(5,6)7/h3H,1-2H3;4H,3H2,1-2H3;4H,1-3H3;3H,1-2H3. The monoisotopic (exact) mass is 508 g/mol. The Morgan fingerprint density at radius 2 is 0.750 bits per heavy atom. The Balaban J connectivity index is -0.000000165. The lowest BCUT2D eigenvalue weighted by Gasteiger charge is -2.22. The Morgan fingerprint density at radius 3 is 0.750 bits per heavy atom. The van der Waals surface area contributed by atoms with E-state index >= 15 is 0 Å². The second-order valence-corrected chi connectivity index (χ2v) is 8.30. The quantitative estimate of drug-likeness (QED) is 0.333. The second kappa shape index (κ2) is 14.4. The fourth-order valence-corrected chi connectivity index (χ4v) is 0.790. The molecule has 0 amide bonds. The molecule has 0 saturated heterocycles. The van der Waals surface area contributed by atoms with Gasteiger partial charge in [-0.05, 0) is 12.8 Å². The first-order valence-corrected chi connectivity index (χ1v) is 9.45. The van der Waals surface area contributed by atoms with Crippen LogP contribution in [0.2, 0.25) is 0 Å². The van der Waals surface area contributed by atoms with E-state index in [1.807, 2.05) is 0 Å². The Hall–Kier alpha value is -0.910. The van der Waals surface area contributed by atoms with Crippen LogP contribution in [0.3, 0.4) is 0 Å². The molecule has 0 saturated carbocycles. The van der Waals surface area contributed by atoms with E-state index in [1.54, 1.807) is 13.8 Å². The lowest BCUT2D eigenvalue weighted by atomic mass is 10.1. The molecule has 32 heavy (non-hydrogen) atoms. The molecule has 0 spiro atoms. The largest absolute Gasteiger partial charge is 0.453 e. The Morgan fingerprint density at radius 1 is 0.500 bits per heavy atom. The van der Waals surface area contributed by atoms with E-state index in [1.165, 1.54) is 13.8 Å². The van der Waals surface area contributed by atoms with Crippen molar-refractivity contribution in [2.24, 2.45) is 23.7 Å². The second-order valence-electron chi connectivity index (χ2n) is 8.30. The highest BCUT2D eigenvalue weighted by Gasteiger charge is 2.59. The maximum atomic E-state index is 11.9. The van der Waals surface area contributed by atoms with Crippen LogP contribution in [0.5, 0.6) is 0 Å². The van der Waals surface area contributed by atoms with Gasteiger partial charge >= 0.3 is 24.5 Å². The molecule has 0 aromatic carbocycles. The van der Waals surface area contributed by atoms with E-state index in [0.29, 0.717) is 0 Å². The van der Waals surface area contributed by atoms with Crippen LogP contribution >= 0.6 is 0 Å². The molecule has 13 heteroatoms. The van der Waals surface area contributed by atoms with Crippen LogP contribution in [0.25, 0.3) is 0 Å². The molecule has 0 nitrogen and oxygen atoms in total. The number of rotatable bonds is 3. The van der Waals surface area contributed by atoms with Crippen molar-refractivity contribution in [1.29, 1.82) is 0 Å². The van der Waals surface area contributed by atoms with Crippen molar-refractivity contribution in [3.63, 3.8) is 0 Å². The fraction of sp³-hybridized carbons (Fsp3) is 1.00. The van der Waals surface area contributed by atoms with E-state index in [-0.39, 0.29) is 5.92 Å². The maximum absolute atomic E-state index is 11.9. The van der Waals surface area contributed by atoms with Gasteiger partial charge in [0.2, 0.25) is 5.92 Å². The maximum Gasteiger partial charge on any atom is 0.453 e. The summed E-state index contributed by atoms with van der Waals surface area (Å²) in [5.41, 5.74) is 0. The summed E-state index contributed by atoms with van der Waals surface area (Å²) >= 11 is 0. The lowest BCUT2D eigenvalue weighted by Crippen LogP contribution is -2.40. The van der Waals surface area contributed by atoms with Crippen LogP contribution in [0.1, 0.15) is 68.7 Å². The summed E-state index contributed by atoms with van der Waals surface area (Å²) in [5, 5.41) is 0. The van der Waals surface area contributed by atoms with Gasteiger partial charge in [0.15, 0.2) is 0 Å². The Labute approximate surface area is 180 Å². The summed E-state index contributed by atoms with van der Waals surface area (Å²) in [5.74, 6) is -10.8. The van der Waals surface area contributed by atoms with Gasteiger partial charge in [-0.1, -0.05) is 55.4 Å². The number of halogens is 13. The highest BCUT2D eigenvalue weighted by Crippen LogP contribution is 2.40. The van der Waals surface area contributed by atoms with Gasteiger partial charge in [-0.2, -0.15) is 48.3 Å². The van der Waals surface area contributed by atoms with Crippen molar-refractivity contribution in [1.82, 2.24) is 0 Å². The first-order valence-electron chi connectivity index (χ1n) is 9.45. The zero-order valence-corrected chi connectivity index (χ0v) is 19.4. The molecule has 200 valence electrons. The molecular formula is C19H33F13. The van der Waals surface area contributed by atoms with E-state index in [2.05, 4.69) is 0 Å². The van der Waals surface area contributed by atoms with Crippen molar-refractivity contribution in [2.75, 3.05) is 0 Å². The highest BCUT2D eigenvalue weighted by molar-refractivity contribution is 4.78. The van der Waals surface area contributed by atoms with E-state index in [0.717, 1.165) is 34.6 Å². The summed E-state index contributed by atoms with van der Waals surface area (Å²) < 4.78 is 149. The molecule has 0 N–H and O–H groups in total. The molecule has 0 heterocycles. The zero-order chi connectivity index (χ0) is 27.5. The Kier molecular flexibility index (Phi) is 17.2. The zero-order valence-electron chi connectivity index (χ0n) is 19.4. The third-order valence-electron chi connectivity index (χ3n) is 3.41. The summed E-state index contributed by atoms with van der Waals surface area (Å²) in [6.07, 6.45) is -14.1. The topological polar surface area (TPSA) is 0 Å². The highest BCUT2D eigenvalue weighted by atomic mass is 19.4. The van der Waals surface area contributed by atoms with E-state index in [4.69, 9.17) is 0 Å². The molecule has 0 aliphatic carbocycles. The van der Waals surface area contributed by atoms with Crippen molar-refractivity contribution in [2.45, 2.75) is 99.1 Å². The molecule has 0 rings (SSSR count). The summed E-state index contributed by atoms with van der Waals surface area (Å²) in [6.45, 7) is 10.9. The van der Waals surface area contributed by atoms with Crippen LogP contribution in [0, 0.1) is 23.7 Å². The molecular weight excluding hydrogens is 475 g/mol. The normalized spacial score (nSPS) is 13.3. The van der Waals surface area contributed by atoms with Crippen molar-refractivity contribution in [3.8, 4) is 0 Å². The molecule has 0 fully saturated rings. The fourth-order valence-electron chi connectivity index (χ4n) is 0.790. The van der Waals surface area contributed by atoms with Gasteiger partial charge in [0.25, 0.3) is 0 Å². The SMILES string of the molecule is CC(C)C(C)(F)F.CC(C)C(F)(F)C(F)(F)F.CC(C)C(F)(F)F.CC(C)CC(F)(F)F. The van der Waals surface area contributed by atoms with Gasteiger partial charge in [-0.15, -0.1) is 0 Å². The molecule has 0 aliphatic rings. The van der Waals surface area contributed by atoms with Crippen molar-refractivity contribution >= 4 is 0 Å². The molecule has 0 aliphatic heterocycles. The molecule has 0 atom stereocenters. The number of hydrogen-bond donors (Lipinski definition) is 0. The summed E-state index contributed by atoms with van der Waals surface area (Å²) in [7, 11) is 0. The molecule has 0 aromatic rings. The van der Waals surface area contributed by atoms with Crippen LogP contribution in [0.15, 0.2) is 0 Å². The van der Waals surface area contributed by atoms with Crippen LogP contribution in [-0.2, 0) is 0 Å². The summed E-state index contributed by atoms with van der Waals surface area (Å²) in [4.78, 5) is 0. The first-order chi connectivity index (χ1) is 13.5. The smallest absolute Gasteiger partial charge is 0.207 e. The average molecular weight is 508 g/mol. The van der Waals surface area contributed by atoms with Gasteiger partial charge in [0.1, 0.15) is 0 Å². The van der Waals surface area contributed by atoms with Crippen LogP contribution in [0.4, 0.5) is 57.1 Å². The van der Waals surface area contributed by atoms with E-state index < -0.39 is 54.5 Å². The van der Waals surface area contributed by atoms with Gasteiger partial charge in [-0.3, -0.25) is 0 Å². The lowest BCUT2D eigenvalue weighted by molar-refractivity contribution is -0.298. The third-order valence-corrected chi connectivity index (χ3v) is 3.41. The predicted molar refractivity (Wildman–Crippen MR) is 97.7 cm³/mol. The number of hydrogen-bond acceptors (Lipinski definition) is 0. The predicted octanol–water partition coefficient (Wildman–Crippen LogP) is 9.94. The Bertz CT molecular complexity index is 430. The van der Waals surface area contributed by atoms with Gasteiger partial charge in [0, 0.05) is 24.2 Å². The van der Waals surface area contributed by atoms with Crippen LogP contribution in [-0.4, -0.2) is 30.4 Å². The molecule has 0 radical (unpaired) electrons. The van der Waals surface area contributed by atoms with Crippen molar-refractivity contribution in [3.05, 3.63) is 0 Å². The molecule has 0 unspecified atom stereocenters. The third kappa shape index (κ3) is 23.7. The van der Waals surface area contributed by atoms with E-state index in [9.17, 15) is 57.1 Å². The van der Waals surface area contributed by atoms with Crippen molar-refractivity contribution < 1.29 is 57.1 Å². The van der Waals surface area contributed by atoms with Crippen LogP contribution < -0.4 is 0 Å². The van der Waals surface area contributed by atoms with Gasteiger partial charge < -0.3 is 0 Å². The minimum Gasteiger partial charge on any atom is -0.207 e.